The van der Waals surface area contributed by atoms with Crippen LogP contribution in [-0.2, 0) is 11.3 Å². The van der Waals surface area contributed by atoms with Crippen molar-refractivity contribution in [2.24, 2.45) is 0 Å². The Morgan fingerprint density at radius 3 is 2.20 bits per heavy atom. The second kappa shape index (κ2) is 8.42. The third-order valence-electron chi connectivity index (χ3n) is 3.89. The van der Waals surface area contributed by atoms with Crippen molar-refractivity contribution < 1.29 is 19.0 Å². The zero-order valence-corrected chi connectivity index (χ0v) is 15.4. The van der Waals surface area contributed by atoms with Crippen molar-refractivity contribution in [3.63, 3.8) is 0 Å². The molecule has 0 fully saturated rings. The molecule has 0 heterocycles. The first-order valence-corrected chi connectivity index (χ1v) is 8.13. The molecule has 0 unspecified atom stereocenters. The topological polar surface area (TPSA) is 56.8 Å². The average Bonchev–Trinajstić information content (AvgIpc) is 2.58. The lowest BCUT2D eigenvalue weighted by atomic mass is 10.1. The van der Waals surface area contributed by atoms with E-state index in [1.807, 2.05) is 51.1 Å². The highest BCUT2D eigenvalue weighted by Gasteiger charge is 2.09. The van der Waals surface area contributed by atoms with Gasteiger partial charge in [-0.15, -0.1) is 0 Å². The first-order chi connectivity index (χ1) is 11.9. The molecule has 0 aliphatic carbocycles. The number of methoxy groups -OCH3 is 2. The van der Waals surface area contributed by atoms with E-state index >= 15 is 0 Å². The maximum Gasteiger partial charge on any atom is 0.258 e. The third kappa shape index (κ3) is 4.89. The van der Waals surface area contributed by atoms with Crippen LogP contribution in [0.2, 0.25) is 0 Å². The maximum absolute atomic E-state index is 12.1. The standard InChI is InChI=1S/C20H25NO4/c1-13-8-14(2)20(15(3)9-13)25-12-19(22)21-11-16-6-7-17(23-4)18(10-16)24-5/h6-10H,11-12H2,1-5H3,(H,21,22). The van der Waals surface area contributed by atoms with E-state index in [9.17, 15) is 4.79 Å². The molecular weight excluding hydrogens is 318 g/mol. The predicted octanol–water partition coefficient (Wildman–Crippen LogP) is 3.32. The number of benzene rings is 2. The Hall–Kier alpha value is -2.69. The first-order valence-electron chi connectivity index (χ1n) is 8.13. The second-order valence-corrected chi connectivity index (χ2v) is 5.98. The highest BCUT2D eigenvalue weighted by atomic mass is 16.5. The number of nitrogens with one attached hydrogen (secondary N) is 1. The smallest absolute Gasteiger partial charge is 0.258 e. The van der Waals surface area contributed by atoms with Crippen LogP contribution in [-0.4, -0.2) is 26.7 Å². The fourth-order valence-corrected chi connectivity index (χ4v) is 2.77. The second-order valence-electron chi connectivity index (χ2n) is 5.98. The molecule has 1 amide bonds. The minimum absolute atomic E-state index is 0.0158. The highest BCUT2D eigenvalue weighted by molar-refractivity contribution is 5.77. The molecular formula is C20H25NO4. The van der Waals surface area contributed by atoms with Crippen molar-refractivity contribution in [2.75, 3.05) is 20.8 Å². The number of rotatable bonds is 7. The van der Waals surface area contributed by atoms with Gasteiger partial charge in [-0.05, 0) is 49.6 Å². The van der Waals surface area contributed by atoms with Crippen molar-refractivity contribution in [3.05, 3.63) is 52.6 Å². The van der Waals surface area contributed by atoms with Gasteiger partial charge in [-0.3, -0.25) is 4.79 Å². The van der Waals surface area contributed by atoms with Crippen LogP contribution in [0.3, 0.4) is 0 Å². The van der Waals surface area contributed by atoms with E-state index < -0.39 is 0 Å². The Morgan fingerprint density at radius 1 is 0.960 bits per heavy atom. The molecule has 5 heteroatoms. The summed E-state index contributed by atoms with van der Waals surface area (Å²) in [6.07, 6.45) is 0. The van der Waals surface area contributed by atoms with E-state index in [2.05, 4.69) is 5.32 Å². The molecule has 1 N–H and O–H groups in total. The van der Waals surface area contributed by atoms with Gasteiger partial charge in [0.2, 0.25) is 0 Å². The van der Waals surface area contributed by atoms with Gasteiger partial charge in [-0.1, -0.05) is 23.8 Å². The monoisotopic (exact) mass is 343 g/mol. The van der Waals surface area contributed by atoms with Gasteiger partial charge in [0.1, 0.15) is 5.75 Å². The summed E-state index contributed by atoms with van der Waals surface area (Å²) < 4.78 is 16.2. The highest BCUT2D eigenvalue weighted by Crippen LogP contribution is 2.27. The molecule has 0 radical (unpaired) electrons. The van der Waals surface area contributed by atoms with Gasteiger partial charge in [-0.2, -0.15) is 0 Å². The van der Waals surface area contributed by atoms with E-state index in [0.717, 1.165) is 22.4 Å². The molecule has 2 aromatic rings. The van der Waals surface area contributed by atoms with Crippen molar-refractivity contribution >= 4 is 5.91 Å². The lowest BCUT2D eigenvalue weighted by Crippen LogP contribution is -2.28. The summed E-state index contributed by atoms with van der Waals surface area (Å²) >= 11 is 0. The largest absolute Gasteiger partial charge is 0.493 e. The molecule has 134 valence electrons. The lowest BCUT2D eigenvalue weighted by Gasteiger charge is -2.13. The number of carbonyl (C=O) groups is 1. The molecule has 0 saturated carbocycles. The minimum Gasteiger partial charge on any atom is -0.493 e. The van der Waals surface area contributed by atoms with Crippen LogP contribution in [0.15, 0.2) is 30.3 Å². The zero-order valence-electron chi connectivity index (χ0n) is 15.4. The molecule has 2 rings (SSSR count). The van der Waals surface area contributed by atoms with Gasteiger partial charge in [-0.25, -0.2) is 0 Å². The quantitative estimate of drug-likeness (QED) is 0.838. The summed E-state index contributed by atoms with van der Waals surface area (Å²) in [7, 11) is 3.17. The van der Waals surface area contributed by atoms with Crippen molar-refractivity contribution in [1.29, 1.82) is 0 Å². The Labute approximate surface area is 148 Å². The molecule has 0 spiro atoms. The van der Waals surface area contributed by atoms with E-state index in [0.29, 0.717) is 18.0 Å². The van der Waals surface area contributed by atoms with Crippen molar-refractivity contribution in [1.82, 2.24) is 5.32 Å². The van der Waals surface area contributed by atoms with Crippen LogP contribution in [0, 0.1) is 20.8 Å². The summed E-state index contributed by atoms with van der Waals surface area (Å²) in [6, 6.07) is 9.63. The lowest BCUT2D eigenvalue weighted by molar-refractivity contribution is -0.123. The molecule has 0 aliphatic rings. The maximum atomic E-state index is 12.1. The van der Waals surface area contributed by atoms with Crippen LogP contribution in [0.4, 0.5) is 0 Å². The van der Waals surface area contributed by atoms with Gasteiger partial charge >= 0.3 is 0 Å². The summed E-state index contributed by atoms with van der Waals surface area (Å²) in [5.41, 5.74) is 4.17. The predicted molar refractivity (Wildman–Crippen MR) is 97.5 cm³/mol. The van der Waals surface area contributed by atoms with Gasteiger partial charge in [0.05, 0.1) is 14.2 Å². The normalized spacial score (nSPS) is 10.3. The number of hydrogen-bond acceptors (Lipinski definition) is 4. The van der Waals surface area contributed by atoms with Crippen molar-refractivity contribution in [3.8, 4) is 17.2 Å². The molecule has 0 saturated heterocycles. The van der Waals surface area contributed by atoms with Gasteiger partial charge in [0, 0.05) is 6.54 Å². The minimum atomic E-state index is -0.172. The summed E-state index contributed by atoms with van der Waals surface area (Å²) in [5.74, 6) is 1.89. The van der Waals surface area contributed by atoms with E-state index in [1.54, 1.807) is 14.2 Å². The molecule has 0 aromatic heterocycles. The Bertz CT molecular complexity index is 732. The molecule has 0 bridgehead atoms. The molecule has 0 atom stereocenters. The van der Waals surface area contributed by atoms with Crippen LogP contribution < -0.4 is 19.5 Å². The van der Waals surface area contributed by atoms with Crippen molar-refractivity contribution in [2.45, 2.75) is 27.3 Å². The molecule has 0 aliphatic heterocycles. The van der Waals surface area contributed by atoms with Crippen LogP contribution in [0.5, 0.6) is 17.2 Å². The number of hydrogen-bond donors (Lipinski definition) is 1. The SMILES string of the molecule is COc1ccc(CNC(=O)COc2c(C)cc(C)cc2C)cc1OC. The van der Waals surface area contributed by atoms with E-state index in [4.69, 9.17) is 14.2 Å². The molecule has 2 aromatic carbocycles. The number of ether oxygens (including phenoxy) is 3. The Balaban J connectivity index is 1.91. The van der Waals surface area contributed by atoms with Crippen LogP contribution >= 0.6 is 0 Å². The molecule has 5 nitrogen and oxygen atoms in total. The zero-order chi connectivity index (χ0) is 18.4. The Kier molecular flexibility index (Phi) is 6.28. The van der Waals surface area contributed by atoms with Gasteiger partial charge in [0.25, 0.3) is 5.91 Å². The summed E-state index contributed by atoms with van der Waals surface area (Å²) in [6.45, 7) is 6.39. The molecule has 25 heavy (non-hydrogen) atoms. The average molecular weight is 343 g/mol. The first kappa shape index (κ1) is 18.6. The number of amides is 1. The fraction of sp³-hybridized carbons (Fsp3) is 0.350. The van der Waals surface area contributed by atoms with Gasteiger partial charge < -0.3 is 19.5 Å². The number of carbonyl (C=O) groups excluding carboxylic acids is 1. The summed E-state index contributed by atoms with van der Waals surface area (Å²) in [5, 5.41) is 2.85. The van der Waals surface area contributed by atoms with E-state index in [1.165, 1.54) is 5.56 Å². The summed E-state index contributed by atoms with van der Waals surface area (Å²) in [4.78, 5) is 12.1. The third-order valence-corrected chi connectivity index (χ3v) is 3.89. The van der Waals surface area contributed by atoms with Crippen LogP contribution in [0.25, 0.3) is 0 Å². The Morgan fingerprint density at radius 2 is 1.60 bits per heavy atom. The number of aryl methyl sites for hydroxylation is 3. The van der Waals surface area contributed by atoms with E-state index in [-0.39, 0.29) is 12.5 Å². The van der Waals surface area contributed by atoms with Gasteiger partial charge in [0.15, 0.2) is 18.1 Å². The van der Waals surface area contributed by atoms with Crippen LogP contribution in [0.1, 0.15) is 22.3 Å². The fourth-order valence-electron chi connectivity index (χ4n) is 2.77.